The lowest BCUT2D eigenvalue weighted by molar-refractivity contribution is -0.141. The van der Waals surface area contributed by atoms with Gasteiger partial charge in [0.15, 0.2) is 5.69 Å². The van der Waals surface area contributed by atoms with E-state index in [2.05, 4.69) is 20.4 Å². The standard InChI is InChI=1S/C20H14F3N5O/c1-28-18(10-17(27-28)20(21,22)23)26-19(29)13-6-5-12-8-14(11-25-16(12)9-13)15-4-2-3-7-24-15/h2-11H,1H3,(H,26,29). The second-order valence-electron chi connectivity index (χ2n) is 6.34. The number of aromatic nitrogens is 4. The van der Waals surface area contributed by atoms with E-state index in [1.807, 2.05) is 24.3 Å². The minimum atomic E-state index is -4.58. The van der Waals surface area contributed by atoms with Gasteiger partial charge < -0.3 is 5.32 Å². The molecule has 0 bridgehead atoms. The van der Waals surface area contributed by atoms with Gasteiger partial charge in [-0.3, -0.25) is 19.4 Å². The molecule has 146 valence electrons. The number of amides is 1. The lowest BCUT2D eigenvalue weighted by Gasteiger charge is -2.07. The summed E-state index contributed by atoms with van der Waals surface area (Å²) in [6.45, 7) is 0. The van der Waals surface area contributed by atoms with Gasteiger partial charge in [0.05, 0.1) is 11.2 Å². The zero-order valence-corrected chi connectivity index (χ0v) is 15.1. The Balaban J connectivity index is 1.60. The number of hydrogen-bond donors (Lipinski definition) is 1. The highest BCUT2D eigenvalue weighted by Gasteiger charge is 2.34. The van der Waals surface area contributed by atoms with Gasteiger partial charge >= 0.3 is 6.18 Å². The van der Waals surface area contributed by atoms with E-state index in [1.54, 1.807) is 30.6 Å². The van der Waals surface area contributed by atoms with Gasteiger partial charge in [-0.05, 0) is 30.3 Å². The first kappa shape index (κ1) is 18.6. The van der Waals surface area contributed by atoms with Gasteiger partial charge in [0.1, 0.15) is 5.82 Å². The molecule has 0 atom stereocenters. The highest BCUT2D eigenvalue weighted by Crippen LogP contribution is 2.30. The van der Waals surface area contributed by atoms with Gasteiger partial charge in [-0.1, -0.05) is 12.1 Å². The number of carbonyl (C=O) groups excluding carboxylic acids is 1. The number of pyridine rings is 2. The molecular weight excluding hydrogens is 383 g/mol. The molecule has 1 amide bonds. The van der Waals surface area contributed by atoms with Crippen LogP contribution in [0.25, 0.3) is 22.2 Å². The molecule has 3 aromatic heterocycles. The highest BCUT2D eigenvalue weighted by atomic mass is 19.4. The Labute approximate surface area is 163 Å². The zero-order chi connectivity index (χ0) is 20.6. The van der Waals surface area contributed by atoms with E-state index in [9.17, 15) is 18.0 Å². The van der Waals surface area contributed by atoms with Crippen molar-refractivity contribution in [2.75, 3.05) is 5.32 Å². The van der Waals surface area contributed by atoms with Crippen molar-refractivity contribution in [3.05, 3.63) is 72.2 Å². The average molecular weight is 397 g/mol. The van der Waals surface area contributed by atoms with Crippen LogP contribution in [0.4, 0.5) is 19.0 Å². The Morgan fingerprint density at radius 1 is 1.07 bits per heavy atom. The molecule has 0 aliphatic heterocycles. The number of halogens is 3. The van der Waals surface area contributed by atoms with Crippen molar-refractivity contribution in [2.45, 2.75) is 6.18 Å². The van der Waals surface area contributed by atoms with Crippen LogP contribution in [0.15, 0.2) is 60.9 Å². The number of alkyl halides is 3. The summed E-state index contributed by atoms with van der Waals surface area (Å²) >= 11 is 0. The molecule has 0 fully saturated rings. The largest absolute Gasteiger partial charge is 0.435 e. The topological polar surface area (TPSA) is 72.7 Å². The van der Waals surface area contributed by atoms with Crippen LogP contribution in [0.3, 0.4) is 0 Å². The number of rotatable bonds is 3. The van der Waals surface area contributed by atoms with Crippen molar-refractivity contribution in [1.29, 1.82) is 0 Å². The maximum absolute atomic E-state index is 12.8. The normalized spacial score (nSPS) is 11.6. The molecular formula is C20H14F3N5O. The summed E-state index contributed by atoms with van der Waals surface area (Å²) < 4.78 is 39.3. The molecule has 0 radical (unpaired) electrons. The minimum Gasteiger partial charge on any atom is -0.307 e. The Kier molecular flexibility index (Phi) is 4.50. The molecule has 9 heteroatoms. The van der Waals surface area contributed by atoms with Gasteiger partial charge in [0.2, 0.25) is 0 Å². The van der Waals surface area contributed by atoms with Crippen molar-refractivity contribution in [3.8, 4) is 11.3 Å². The number of aryl methyl sites for hydroxylation is 1. The fraction of sp³-hybridized carbons (Fsp3) is 0.100. The minimum absolute atomic E-state index is 0.0547. The third kappa shape index (κ3) is 3.79. The molecule has 0 saturated carbocycles. The van der Waals surface area contributed by atoms with Crippen LogP contribution >= 0.6 is 0 Å². The third-order valence-electron chi connectivity index (χ3n) is 4.32. The van der Waals surface area contributed by atoms with E-state index in [0.29, 0.717) is 5.52 Å². The fourth-order valence-electron chi connectivity index (χ4n) is 2.85. The molecule has 0 unspecified atom stereocenters. The molecule has 0 aliphatic rings. The summed E-state index contributed by atoms with van der Waals surface area (Å²) in [5.41, 5.74) is 1.39. The summed E-state index contributed by atoms with van der Waals surface area (Å²) in [7, 11) is 1.33. The number of anilines is 1. The quantitative estimate of drug-likeness (QED) is 0.559. The predicted molar refractivity (Wildman–Crippen MR) is 101 cm³/mol. The number of nitrogens with one attached hydrogen (secondary N) is 1. The average Bonchev–Trinajstić information content (AvgIpc) is 3.08. The van der Waals surface area contributed by atoms with Crippen molar-refractivity contribution in [2.24, 2.45) is 7.05 Å². The Morgan fingerprint density at radius 3 is 2.59 bits per heavy atom. The second kappa shape index (κ2) is 7.01. The smallest absolute Gasteiger partial charge is 0.307 e. The summed E-state index contributed by atoms with van der Waals surface area (Å²) in [6.07, 6.45) is -1.24. The maximum atomic E-state index is 12.8. The summed E-state index contributed by atoms with van der Waals surface area (Å²) in [4.78, 5) is 21.1. The fourth-order valence-corrected chi connectivity index (χ4v) is 2.85. The van der Waals surface area contributed by atoms with E-state index in [-0.39, 0.29) is 11.4 Å². The third-order valence-corrected chi connectivity index (χ3v) is 4.32. The first-order valence-electron chi connectivity index (χ1n) is 8.55. The van der Waals surface area contributed by atoms with Gasteiger partial charge in [0, 0.05) is 42.0 Å². The van der Waals surface area contributed by atoms with Gasteiger partial charge in [0.25, 0.3) is 5.91 Å². The van der Waals surface area contributed by atoms with Crippen LogP contribution in [-0.4, -0.2) is 25.7 Å². The Hall–Kier alpha value is -3.75. The second-order valence-corrected chi connectivity index (χ2v) is 6.34. The molecule has 29 heavy (non-hydrogen) atoms. The molecule has 4 aromatic rings. The van der Waals surface area contributed by atoms with E-state index >= 15 is 0 Å². The SMILES string of the molecule is Cn1nc(C(F)(F)F)cc1NC(=O)c1ccc2cc(-c3ccccn3)cnc2c1. The maximum Gasteiger partial charge on any atom is 0.435 e. The van der Waals surface area contributed by atoms with Crippen molar-refractivity contribution in [1.82, 2.24) is 19.7 Å². The number of benzene rings is 1. The summed E-state index contributed by atoms with van der Waals surface area (Å²) in [6, 6.07) is 13.2. The molecule has 1 N–H and O–H groups in total. The number of fused-ring (bicyclic) bond motifs is 1. The van der Waals surface area contributed by atoms with Gasteiger partial charge in [-0.15, -0.1) is 0 Å². The molecule has 6 nitrogen and oxygen atoms in total. The molecule has 0 aliphatic carbocycles. The number of hydrogen-bond acceptors (Lipinski definition) is 4. The molecule has 0 spiro atoms. The number of carbonyl (C=O) groups is 1. The highest BCUT2D eigenvalue weighted by molar-refractivity contribution is 6.05. The first-order valence-corrected chi connectivity index (χ1v) is 8.55. The van der Waals surface area contributed by atoms with Crippen LogP contribution in [0.1, 0.15) is 16.1 Å². The van der Waals surface area contributed by atoms with Crippen molar-refractivity contribution < 1.29 is 18.0 Å². The van der Waals surface area contributed by atoms with Crippen LogP contribution in [0.5, 0.6) is 0 Å². The molecule has 0 saturated heterocycles. The Bertz CT molecular complexity index is 1200. The van der Waals surface area contributed by atoms with E-state index in [0.717, 1.165) is 27.4 Å². The molecule has 3 heterocycles. The van der Waals surface area contributed by atoms with E-state index < -0.39 is 17.8 Å². The van der Waals surface area contributed by atoms with Crippen LogP contribution < -0.4 is 5.32 Å². The number of nitrogens with zero attached hydrogens (tertiary/aromatic N) is 4. The van der Waals surface area contributed by atoms with E-state index in [4.69, 9.17) is 0 Å². The predicted octanol–water partition coefficient (Wildman–Crippen LogP) is 4.30. The molecule has 1 aromatic carbocycles. The summed E-state index contributed by atoms with van der Waals surface area (Å²) in [5, 5.41) is 6.63. The monoisotopic (exact) mass is 397 g/mol. The first-order chi connectivity index (χ1) is 13.8. The lowest BCUT2D eigenvalue weighted by atomic mass is 10.1. The van der Waals surface area contributed by atoms with Crippen LogP contribution in [0.2, 0.25) is 0 Å². The zero-order valence-electron chi connectivity index (χ0n) is 15.1. The lowest BCUT2D eigenvalue weighted by Crippen LogP contribution is -2.14. The van der Waals surface area contributed by atoms with Gasteiger partial charge in [-0.25, -0.2) is 0 Å². The van der Waals surface area contributed by atoms with Crippen LogP contribution in [-0.2, 0) is 13.2 Å². The molecule has 4 rings (SSSR count). The van der Waals surface area contributed by atoms with E-state index in [1.165, 1.54) is 7.05 Å². The Morgan fingerprint density at radius 2 is 1.90 bits per heavy atom. The van der Waals surface area contributed by atoms with Crippen molar-refractivity contribution in [3.63, 3.8) is 0 Å². The van der Waals surface area contributed by atoms with Crippen molar-refractivity contribution >= 4 is 22.6 Å². The van der Waals surface area contributed by atoms with Crippen LogP contribution in [0, 0.1) is 0 Å². The summed E-state index contributed by atoms with van der Waals surface area (Å²) in [5.74, 6) is -0.611. The van der Waals surface area contributed by atoms with Gasteiger partial charge in [-0.2, -0.15) is 18.3 Å².